The number of hydrogen-bond acceptors (Lipinski definition) is 2. The van der Waals surface area contributed by atoms with Gasteiger partial charge in [-0.3, -0.25) is 0 Å². The van der Waals surface area contributed by atoms with Gasteiger partial charge in [-0.05, 0) is 59.4 Å². The summed E-state index contributed by atoms with van der Waals surface area (Å²) in [4.78, 5) is 0. The van der Waals surface area contributed by atoms with E-state index in [1.165, 1.54) is 25.7 Å². The summed E-state index contributed by atoms with van der Waals surface area (Å²) in [5.41, 5.74) is 0.597. The van der Waals surface area contributed by atoms with Gasteiger partial charge < -0.3 is 9.73 Å². The van der Waals surface area contributed by atoms with Crippen LogP contribution in [0, 0.1) is 9.18 Å². The molecule has 1 aliphatic rings. The Balaban J connectivity index is 1.74. The van der Waals surface area contributed by atoms with Crippen LogP contribution in [0.4, 0.5) is 0 Å². The van der Waals surface area contributed by atoms with Crippen molar-refractivity contribution in [2.75, 3.05) is 6.54 Å². The lowest BCUT2D eigenvalue weighted by Gasteiger charge is -2.41. The van der Waals surface area contributed by atoms with Crippen molar-refractivity contribution < 1.29 is 4.42 Å². The summed E-state index contributed by atoms with van der Waals surface area (Å²) in [6.07, 6.45) is 5.50. The molecule has 1 aliphatic carbocycles. The smallest absolute Gasteiger partial charge is 0.164 e. The van der Waals surface area contributed by atoms with E-state index in [0.717, 1.165) is 22.6 Å². The maximum Gasteiger partial charge on any atom is 0.164 e. The van der Waals surface area contributed by atoms with Gasteiger partial charge in [-0.1, -0.05) is 13.3 Å². The van der Waals surface area contributed by atoms with Gasteiger partial charge in [0.15, 0.2) is 3.77 Å². The Morgan fingerprint density at radius 3 is 2.73 bits per heavy atom. The first kappa shape index (κ1) is 11.5. The second-order valence-electron chi connectivity index (χ2n) is 4.52. The molecule has 1 aromatic heterocycles. The van der Waals surface area contributed by atoms with Gasteiger partial charge in [0.1, 0.15) is 5.76 Å². The van der Waals surface area contributed by atoms with Crippen LogP contribution in [0.15, 0.2) is 16.5 Å². The molecule has 1 aromatic rings. The van der Waals surface area contributed by atoms with Crippen molar-refractivity contribution in [3.63, 3.8) is 0 Å². The molecule has 0 atom stereocenters. The highest BCUT2D eigenvalue weighted by atomic mass is 127. The first-order chi connectivity index (χ1) is 7.24. The summed E-state index contributed by atoms with van der Waals surface area (Å²) < 4.78 is 6.48. The van der Waals surface area contributed by atoms with Crippen LogP contribution in [0.2, 0.25) is 0 Å². The van der Waals surface area contributed by atoms with Crippen LogP contribution >= 0.6 is 22.6 Å². The molecule has 15 heavy (non-hydrogen) atoms. The number of halogens is 1. The zero-order valence-corrected chi connectivity index (χ0v) is 11.3. The average molecular weight is 319 g/mol. The third kappa shape index (κ3) is 2.75. The third-order valence-corrected chi connectivity index (χ3v) is 4.17. The zero-order valence-electron chi connectivity index (χ0n) is 9.18. The highest BCUT2D eigenvalue weighted by Crippen LogP contribution is 2.43. The molecule has 0 aliphatic heterocycles. The predicted molar refractivity (Wildman–Crippen MR) is 69.7 cm³/mol. The molecule has 0 radical (unpaired) electrons. The second kappa shape index (κ2) is 4.87. The highest BCUT2D eigenvalue weighted by Gasteiger charge is 2.34. The fraction of sp³-hybridized carbons (Fsp3) is 0.667. The summed E-state index contributed by atoms with van der Waals surface area (Å²) in [7, 11) is 0. The first-order valence-electron chi connectivity index (χ1n) is 5.69. The summed E-state index contributed by atoms with van der Waals surface area (Å²) in [5, 5.41) is 3.51. The van der Waals surface area contributed by atoms with Crippen molar-refractivity contribution in [2.45, 2.75) is 39.2 Å². The van der Waals surface area contributed by atoms with E-state index in [0.29, 0.717) is 5.41 Å². The van der Waals surface area contributed by atoms with E-state index in [-0.39, 0.29) is 0 Å². The molecule has 0 aromatic carbocycles. The molecular formula is C12H18INO. The normalized spacial score (nSPS) is 18.8. The number of furan rings is 1. The molecule has 0 bridgehead atoms. The largest absolute Gasteiger partial charge is 0.454 e. The third-order valence-electron chi connectivity index (χ3n) is 3.59. The van der Waals surface area contributed by atoms with Crippen LogP contribution in [-0.4, -0.2) is 6.54 Å². The van der Waals surface area contributed by atoms with Gasteiger partial charge in [-0.15, -0.1) is 0 Å². The van der Waals surface area contributed by atoms with Gasteiger partial charge in [0, 0.05) is 6.54 Å². The Labute approximate surface area is 105 Å². The maximum absolute atomic E-state index is 5.51. The molecular weight excluding hydrogens is 301 g/mol. The number of nitrogens with one attached hydrogen (secondary N) is 1. The molecule has 1 N–H and O–H groups in total. The van der Waals surface area contributed by atoms with E-state index in [9.17, 15) is 0 Å². The quantitative estimate of drug-likeness (QED) is 0.840. The van der Waals surface area contributed by atoms with Crippen LogP contribution in [-0.2, 0) is 6.54 Å². The van der Waals surface area contributed by atoms with Crippen LogP contribution in [0.1, 0.15) is 38.4 Å². The van der Waals surface area contributed by atoms with Crippen LogP contribution < -0.4 is 5.32 Å². The lowest BCUT2D eigenvalue weighted by molar-refractivity contribution is 0.123. The minimum atomic E-state index is 0.597. The number of rotatable bonds is 5. The highest BCUT2D eigenvalue weighted by molar-refractivity contribution is 14.1. The summed E-state index contributed by atoms with van der Waals surface area (Å²) in [6, 6.07) is 4.06. The fourth-order valence-corrected chi connectivity index (χ4v) is 2.69. The molecule has 1 saturated carbocycles. The standard InChI is InChI=1S/C12H18INO/c1-2-12(6-3-7-12)9-14-8-10-4-5-11(13)15-10/h4-5,14H,2-3,6-9H2,1H3. The molecule has 1 fully saturated rings. The van der Waals surface area contributed by atoms with Crippen LogP contribution in [0.3, 0.4) is 0 Å². The van der Waals surface area contributed by atoms with Crippen LogP contribution in [0.5, 0.6) is 0 Å². The van der Waals surface area contributed by atoms with Gasteiger partial charge in [-0.25, -0.2) is 0 Å². The molecule has 0 saturated heterocycles. The first-order valence-corrected chi connectivity index (χ1v) is 6.77. The van der Waals surface area contributed by atoms with Crippen molar-refractivity contribution >= 4 is 22.6 Å². The van der Waals surface area contributed by atoms with Gasteiger partial charge in [-0.2, -0.15) is 0 Å². The van der Waals surface area contributed by atoms with Gasteiger partial charge in [0.2, 0.25) is 0 Å². The van der Waals surface area contributed by atoms with E-state index in [1.54, 1.807) is 0 Å². The molecule has 3 heteroatoms. The van der Waals surface area contributed by atoms with Crippen molar-refractivity contribution in [3.8, 4) is 0 Å². The van der Waals surface area contributed by atoms with Gasteiger partial charge in [0.05, 0.1) is 6.54 Å². The SMILES string of the molecule is CCC1(CNCc2ccc(I)o2)CCC1. The Morgan fingerprint density at radius 2 is 2.27 bits per heavy atom. The molecule has 1 heterocycles. The minimum absolute atomic E-state index is 0.597. The van der Waals surface area contributed by atoms with E-state index in [4.69, 9.17) is 4.42 Å². The maximum atomic E-state index is 5.51. The minimum Gasteiger partial charge on any atom is -0.454 e. The van der Waals surface area contributed by atoms with E-state index in [1.807, 2.05) is 12.1 Å². The Morgan fingerprint density at radius 1 is 1.47 bits per heavy atom. The molecule has 0 spiro atoms. The van der Waals surface area contributed by atoms with Crippen molar-refractivity contribution in [1.29, 1.82) is 0 Å². The monoisotopic (exact) mass is 319 g/mol. The zero-order chi connectivity index (χ0) is 10.7. The van der Waals surface area contributed by atoms with Crippen molar-refractivity contribution in [1.82, 2.24) is 5.32 Å². The summed E-state index contributed by atoms with van der Waals surface area (Å²) in [5.74, 6) is 1.05. The van der Waals surface area contributed by atoms with Crippen LogP contribution in [0.25, 0.3) is 0 Å². The van der Waals surface area contributed by atoms with E-state index < -0.39 is 0 Å². The molecule has 0 unspecified atom stereocenters. The topological polar surface area (TPSA) is 25.2 Å². The molecule has 0 amide bonds. The van der Waals surface area contributed by atoms with E-state index in [2.05, 4.69) is 34.8 Å². The Kier molecular flexibility index (Phi) is 3.72. The van der Waals surface area contributed by atoms with Gasteiger partial charge in [0.25, 0.3) is 0 Å². The number of hydrogen-bond donors (Lipinski definition) is 1. The summed E-state index contributed by atoms with van der Waals surface area (Å²) in [6.45, 7) is 4.31. The van der Waals surface area contributed by atoms with Crippen molar-refractivity contribution in [2.24, 2.45) is 5.41 Å². The second-order valence-corrected chi connectivity index (χ2v) is 5.58. The Hall–Kier alpha value is -0.0300. The lowest BCUT2D eigenvalue weighted by atomic mass is 9.67. The summed E-state index contributed by atoms with van der Waals surface area (Å²) >= 11 is 2.20. The van der Waals surface area contributed by atoms with Crippen molar-refractivity contribution in [3.05, 3.63) is 21.7 Å². The lowest BCUT2D eigenvalue weighted by Crippen LogP contribution is -2.39. The fourth-order valence-electron chi connectivity index (χ4n) is 2.23. The predicted octanol–water partition coefficient (Wildman–Crippen LogP) is 3.55. The Bertz CT molecular complexity index is 312. The molecule has 2 rings (SSSR count). The average Bonchev–Trinajstić information content (AvgIpc) is 2.56. The van der Waals surface area contributed by atoms with E-state index >= 15 is 0 Å². The van der Waals surface area contributed by atoms with Gasteiger partial charge >= 0.3 is 0 Å². The molecule has 84 valence electrons. The molecule has 2 nitrogen and oxygen atoms in total.